The number of imidazole rings is 1. The van der Waals surface area contributed by atoms with Crippen molar-refractivity contribution in [1.82, 2.24) is 19.9 Å². The fourth-order valence-corrected chi connectivity index (χ4v) is 1.48. The Morgan fingerprint density at radius 1 is 1.39 bits per heavy atom. The third-order valence-electron chi connectivity index (χ3n) is 2.16. The van der Waals surface area contributed by atoms with Crippen LogP contribution in [0.15, 0.2) is 18.5 Å². The van der Waals surface area contributed by atoms with Gasteiger partial charge in [-0.1, -0.05) is 0 Å². The van der Waals surface area contributed by atoms with Gasteiger partial charge in [0.1, 0.15) is 5.82 Å². The quantitative estimate of drug-likeness (QED) is 0.844. The van der Waals surface area contributed by atoms with Crippen molar-refractivity contribution in [2.75, 3.05) is 5.32 Å². The minimum atomic E-state index is 0.0947. The summed E-state index contributed by atoms with van der Waals surface area (Å²) in [7, 11) is 0. The zero-order chi connectivity index (χ0) is 13.0. The Labute approximate surface area is 106 Å². The van der Waals surface area contributed by atoms with Gasteiger partial charge in [-0.2, -0.15) is 4.98 Å². The maximum Gasteiger partial charge on any atom is 0.226 e. The van der Waals surface area contributed by atoms with E-state index in [0.29, 0.717) is 18.4 Å². The number of ether oxygens (including phenoxy) is 1. The van der Waals surface area contributed by atoms with Crippen molar-refractivity contribution in [2.24, 2.45) is 0 Å². The van der Waals surface area contributed by atoms with Crippen molar-refractivity contribution in [1.29, 1.82) is 0 Å². The van der Waals surface area contributed by atoms with E-state index in [-0.39, 0.29) is 6.10 Å². The molecule has 2 aromatic heterocycles. The fraction of sp³-hybridized carbons (Fsp3) is 0.417. The summed E-state index contributed by atoms with van der Waals surface area (Å²) in [4.78, 5) is 15.7. The second-order valence-corrected chi connectivity index (χ2v) is 4.23. The van der Waals surface area contributed by atoms with E-state index >= 15 is 0 Å². The average molecular weight is 247 g/mol. The van der Waals surface area contributed by atoms with Gasteiger partial charge in [0, 0.05) is 24.2 Å². The number of rotatable bonds is 5. The van der Waals surface area contributed by atoms with Gasteiger partial charge in [0.2, 0.25) is 11.8 Å². The van der Waals surface area contributed by atoms with Crippen molar-refractivity contribution in [3.05, 3.63) is 30.0 Å². The molecule has 0 amide bonds. The molecule has 0 atom stereocenters. The van der Waals surface area contributed by atoms with Crippen molar-refractivity contribution >= 4 is 5.95 Å². The molecule has 0 radical (unpaired) electrons. The molecule has 0 saturated carbocycles. The van der Waals surface area contributed by atoms with Crippen LogP contribution in [0, 0.1) is 6.92 Å². The number of aromatic amines is 1. The molecule has 18 heavy (non-hydrogen) atoms. The molecule has 2 aromatic rings. The van der Waals surface area contributed by atoms with Gasteiger partial charge in [0.05, 0.1) is 12.6 Å². The summed E-state index contributed by atoms with van der Waals surface area (Å²) in [5.41, 5.74) is 0.864. The summed E-state index contributed by atoms with van der Waals surface area (Å²) in [6.45, 7) is 6.39. The lowest BCUT2D eigenvalue weighted by molar-refractivity contribution is 0.232. The smallest absolute Gasteiger partial charge is 0.226 e. The van der Waals surface area contributed by atoms with Gasteiger partial charge in [-0.25, -0.2) is 9.97 Å². The molecule has 6 nitrogen and oxygen atoms in total. The summed E-state index contributed by atoms with van der Waals surface area (Å²) < 4.78 is 5.56. The fourth-order valence-electron chi connectivity index (χ4n) is 1.48. The molecule has 0 spiro atoms. The van der Waals surface area contributed by atoms with Crippen molar-refractivity contribution in [3.63, 3.8) is 0 Å². The van der Waals surface area contributed by atoms with Crippen LogP contribution in [0.4, 0.5) is 5.95 Å². The molecule has 0 aliphatic carbocycles. The van der Waals surface area contributed by atoms with Gasteiger partial charge in [-0.15, -0.1) is 0 Å². The van der Waals surface area contributed by atoms with Crippen LogP contribution in [-0.2, 0) is 6.54 Å². The van der Waals surface area contributed by atoms with E-state index in [0.717, 1.165) is 11.5 Å². The van der Waals surface area contributed by atoms with Crippen molar-refractivity contribution in [2.45, 2.75) is 33.4 Å². The lowest BCUT2D eigenvalue weighted by Crippen LogP contribution is -2.10. The molecule has 96 valence electrons. The van der Waals surface area contributed by atoms with Crippen LogP contribution in [0.3, 0.4) is 0 Å². The van der Waals surface area contributed by atoms with Crippen molar-refractivity contribution in [3.8, 4) is 5.88 Å². The molecule has 2 heterocycles. The molecule has 2 rings (SSSR count). The zero-order valence-electron chi connectivity index (χ0n) is 10.8. The van der Waals surface area contributed by atoms with Crippen LogP contribution < -0.4 is 10.1 Å². The maximum absolute atomic E-state index is 5.56. The number of nitrogens with zero attached hydrogens (tertiary/aromatic N) is 3. The number of aromatic nitrogens is 4. The van der Waals surface area contributed by atoms with Crippen LogP contribution in [0.1, 0.15) is 25.4 Å². The normalized spacial score (nSPS) is 10.7. The van der Waals surface area contributed by atoms with Gasteiger partial charge in [-0.05, 0) is 20.8 Å². The third-order valence-corrected chi connectivity index (χ3v) is 2.16. The largest absolute Gasteiger partial charge is 0.475 e. The Morgan fingerprint density at radius 2 is 2.22 bits per heavy atom. The predicted octanol–water partition coefficient (Wildman–Crippen LogP) is 1.91. The molecular weight excluding hydrogens is 230 g/mol. The van der Waals surface area contributed by atoms with Crippen LogP contribution >= 0.6 is 0 Å². The number of hydrogen-bond donors (Lipinski definition) is 2. The molecule has 2 N–H and O–H groups in total. The minimum Gasteiger partial charge on any atom is -0.475 e. The lowest BCUT2D eigenvalue weighted by atomic mass is 10.4. The van der Waals surface area contributed by atoms with E-state index in [2.05, 4.69) is 25.3 Å². The number of hydrogen-bond acceptors (Lipinski definition) is 5. The SMILES string of the molecule is Cc1cc(OC(C)C)nc(NCc2ncc[nH]2)n1. The van der Waals surface area contributed by atoms with E-state index < -0.39 is 0 Å². The summed E-state index contributed by atoms with van der Waals surface area (Å²) in [5, 5.41) is 3.11. The van der Waals surface area contributed by atoms with Gasteiger partial charge in [-0.3, -0.25) is 0 Å². The van der Waals surface area contributed by atoms with Crippen LogP contribution in [0.2, 0.25) is 0 Å². The molecule has 6 heteroatoms. The van der Waals surface area contributed by atoms with Crippen molar-refractivity contribution < 1.29 is 4.74 Å². The summed E-state index contributed by atoms with van der Waals surface area (Å²) in [6, 6.07) is 1.82. The summed E-state index contributed by atoms with van der Waals surface area (Å²) >= 11 is 0. The highest BCUT2D eigenvalue weighted by Gasteiger charge is 2.05. The Kier molecular flexibility index (Phi) is 3.76. The molecular formula is C12H17N5O. The van der Waals surface area contributed by atoms with Crippen LogP contribution in [0.5, 0.6) is 5.88 Å². The zero-order valence-corrected chi connectivity index (χ0v) is 10.8. The molecule has 0 fully saturated rings. The maximum atomic E-state index is 5.56. The average Bonchev–Trinajstić information content (AvgIpc) is 2.77. The van der Waals surface area contributed by atoms with E-state index in [1.165, 1.54) is 0 Å². The highest BCUT2D eigenvalue weighted by Crippen LogP contribution is 2.13. The Morgan fingerprint density at radius 3 is 2.89 bits per heavy atom. The molecule has 0 aliphatic heterocycles. The number of H-pyrrole nitrogens is 1. The van der Waals surface area contributed by atoms with E-state index in [1.807, 2.05) is 26.8 Å². The monoisotopic (exact) mass is 247 g/mol. The number of aryl methyl sites for hydroxylation is 1. The first-order chi connectivity index (χ1) is 8.63. The van der Waals surface area contributed by atoms with Crippen LogP contribution in [0.25, 0.3) is 0 Å². The minimum absolute atomic E-state index is 0.0947. The standard InChI is InChI=1S/C12H17N5O/c1-8(2)18-11-6-9(3)16-12(17-11)15-7-10-13-4-5-14-10/h4-6,8H,7H2,1-3H3,(H,13,14)(H,15,16,17). The first-order valence-corrected chi connectivity index (χ1v) is 5.88. The number of nitrogens with one attached hydrogen (secondary N) is 2. The molecule has 0 saturated heterocycles. The molecule has 0 aromatic carbocycles. The lowest BCUT2D eigenvalue weighted by Gasteiger charge is -2.11. The topological polar surface area (TPSA) is 75.7 Å². The first kappa shape index (κ1) is 12.3. The molecule has 0 unspecified atom stereocenters. The summed E-state index contributed by atoms with van der Waals surface area (Å²) in [6.07, 6.45) is 3.58. The molecule has 0 aliphatic rings. The van der Waals surface area contributed by atoms with Crippen LogP contribution in [-0.4, -0.2) is 26.0 Å². The highest BCUT2D eigenvalue weighted by molar-refractivity contribution is 5.30. The van der Waals surface area contributed by atoms with E-state index in [9.17, 15) is 0 Å². The third kappa shape index (κ3) is 3.44. The van der Waals surface area contributed by atoms with E-state index in [1.54, 1.807) is 12.4 Å². The van der Waals surface area contributed by atoms with Gasteiger partial charge in [0.25, 0.3) is 0 Å². The van der Waals surface area contributed by atoms with Gasteiger partial charge >= 0.3 is 0 Å². The predicted molar refractivity (Wildman–Crippen MR) is 68.4 cm³/mol. The second-order valence-electron chi connectivity index (χ2n) is 4.23. The van der Waals surface area contributed by atoms with E-state index in [4.69, 9.17) is 4.74 Å². The highest BCUT2D eigenvalue weighted by atomic mass is 16.5. The second kappa shape index (κ2) is 5.48. The first-order valence-electron chi connectivity index (χ1n) is 5.88. The Balaban J connectivity index is 2.05. The van der Waals surface area contributed by atoms with Gasteiger partial charge in [0.15, 0.2) is 0 Å². The Hall–Kier alpha value is -2.11. The molecule has 0 bridgehead atoms. The summed E-state index contributed by atoms with van der Waals surface area (Å²) in [5.74, 6) is 1.97. The number of anilines is 1. The Bertz CT molecular complexity index is 495. The van der Waals surface area contributed by atoms with Gasteiger partial charge < -0.3 is 15.0 Å².